The van der Waals surface area contributed by atoms with Crippen molar-refractivity contribution in [2.45, 2.75) is 13.3 Å². The van der Waals surface area contributed by atoms with Crippen molar-refractivity contribution in [2.75, 3.05) is 11.5 Å². The van der Waals surface area contributed by atoms with Crippen LogP contribution >= 0.6 is 0 Å². The standard InChI is InChI=1S/C13H14F2N2O3S/c1-8(12-10(14)3-2-4-11(12)15)16-17-13(18)9-5-6-21(19,20)7-9/h2-4,9H,5-7H2,1H3,(H,17,18)/b16-8-/t9-/m0/s1. The predicted octanol–water partition coefficient (Wildman–Crippen LogP) is 1.24. The Balaban J connectivity index is 2.09. The summed E-state index contributed by atoms with van der Waals surface area (Å²) in [5.41, 5.74) is 1.82. The van der Waals surface area contributed by atoms with Gasteiger partial charge in [0.15, 0.2) is 9.84 Å². The maximum atomic E-state index is 13.5. The molecule has 114 valence electrons. The summed E-state index contributed by atoms with van der Waals surface area (Å²) >= 11 is 0. The van der Waals surface area contributed by atoms with E-state index >= 15 is 0 Å². The summed E-state index contributed by atoms with van der Waals surface area (Å²) in [5, 5.41) is 3.65. The van der Waals surface area contributed by atoms with Crippen molar-refractivity contribution in [3.05, 3.63) is 35.4 Å². The molecule has 5 nitrogen and oxygen atoms in total. The molecule has 1 aromatic rings. The van der Waals surface area contributed by atoms with Gasteiger partial charge in [-0.25, -0.2) is 22.6 Å². The number of hydrogen-bond donors (Lipinski definition) is 1. The van der Waals surface area contributed by atoms with Gasteiger partial charge in [0, 0.05) is 0 Å². The van der Waals surface area contributed by atoms with Gasteiger partial charge in [-0.3, -0.25) is 4.79 Å². The lowest BCUT2D eigenvalue weighted by Gasteiger charge is -2.07. The van der Waals surface area contributed by atoms with Crippen LogP contribution in [0.15, 0.2) is 23.3 Å². The van der Waals surface area contributed by atoms with Gasteiger partial charge in [0.25, 0.3) is 0 Å². The number of benzene rings is 1. The van der Waals surface area contributed by atoms with Gasteiger partial charge >= 0.3 is 0 Å². The third-order valence-electron chi connectivity index (χ3n) is 3.26. The molecule has 0 unspecified atom stereocenters. The lowest BCUT2D eigenvalue weighted by molar-refractivity contribution is -0.124. The highest BCUT2D eigenvalue weighted by atomic mass is 32.2. The van der Waals surface area contributed by atoms with Crippen LogP contribution < -0.4 is 5.43 Å². The minimum atomic E-state index is -3.17. The van der Waals surface area contributed by atoms with E-state index < -0.39 is 33.3 Å². The lowest BCUT2D eigenvalue weighted by Crippen LogP contribution is -2.28. The van der Waals surface area contributed by atoms with E-state index in [2.05, 4.69) is 10.5 Å². The number of carbonyl (C=O) groups is 1. The minimum Gasteiger partial charge on any atom is -0.273 e. The molecule has 1 aliphatic rings. The molecule has 1 aromatic carbocycles. The molecule has 1 amide bonds. The first-order valence-electron chi connectivity index (χ1n) is 6.29. The van der Waals surface area contributed by atoms with Crippen molar-refractivity contribution in [1.82, 2.24) is 5.43 Å². The van der Waals surface area contributed by atoms with Crippen LogP contribution in [0, 0.1) is 17.6 Å². The van der Waals surface area contributed by atoms with Crippen LogP contribution in [0.1, 0.15) is 18.9 Å². The van der Waals surface area contributed by atoms with Crippen molar-refractivity contribution in [3.63, 3.8) is 0 Å². The van der Waals surface area contributed by atoms with Gasteiger partial charge in [0.1, 0.15) is 11.6 Å². The van der Waals surface area contributed by atoms with Gasteiger partial charge in [0.2, 0.25) is 5.91 Å². The van der Waals surface area contributed by atoms with Crippen LogP contribution in [-0.2, 0) is 14.6 Å². The lowest BCUT2D eigenvalue weighted by atomic mass is 10.1. The maximum absolute atomic E-state index is 13.5. The third-order valence-corrected chi connectivity index (χ3v) is 5.03. The molecule has 0 saturated carbocycles. The van der Waals surface area contributed by atoms with E-state index in [4.69, 9.17) is 0 Å². The topological polar surface area (TPSA) is 75.6 Å². The third kappa shape index (κ3) is 3.63. The molecule has 1 aliphatic heterocycles. The molecule has 1 atom stereocenters. The molecule has 0 bridgehead atoms. The molecule has 21 heavy (non-hydrogen) atoms. The summed E-state index contributed by atoms with van der Waals surface area (Å²) in [5.74, 6) is -3.05. The molecule has 1 N–H and O–H groups in total. The number of amides is 1. The number of hydrogen-bond acceptors (Lipinski definition) is 4. The average Bonchev–Trinajstić information content (AvgIpc) is 2.76. The van der Waals surface area contributed by atoms with Crippen LogP contribution in [0.2, 0.25) is 0 Å². The van der Waals surface area contributed by atoms with E-state index in [0.717, 1.165) is 12.1 Å². The van der Waals surface area contributed by atoms with Crippen molar-refractivity contribution in [1.29, 1.82) is 0 Å². The van der Waals surface area contributed by atoms with E-state index in [1.165, 1.54) is 13.0 Å². The summed E-state index contributed by atoms with van der Waals surface area (Å²) < 4.78 is 49.6. The highest BCUT2D eigenvalue weighted by Gasteiger charge is 2.32. The number of hydrazone groups is 1. The van der Waals surface area contributed by atoms with Crippen molar-refractivity contribution in [2.24, 2.45) is 11.0 Å². The number of halogens is 2. The summed E-state index contributed by atoms with van der Waals surface area (Å²) in [4.78, 5) is 11.8. The highest BCUT2D eigenvalue weighted by Crippen LogP contribution is 2.18. The fourth-order valence-electron chi connectivity index (χ4n) is 2.13. The maximum Gasteiger partial charge on any atom is 0.244 e. The minimum absolute atomic E-state index is 0.0280. The van der Waals surface area contributed by atoms with Gasteiger partial charge in [-0.15, -0.1) is 0 Å². The number of nitrogens with one attached hydrogen (secondary N) is 1. The predicted molar refractivity (Wildman–Crippen MR) is 73.5 cm³/mol. The van der Waals surface area contributed by atoms with Crippen LogP contribution in [0.25, 0.3) is 0 Å². The van der Waals surface area contributed by atoms with Crippen LogP contribution in [-0.4, -0.2) is 31.5 Å². The van der Waals surface area contributed by atoms with Gasteiger partial charge in [0.05, 0.1) is 28.7 Å². The second kappa shape index (κ2) is 5.88. The zero-order chi connectivity index (χ0) is 15.6. The van der Waals surface area contributed by atoms with E-state index in [0.29, 0.717) is 0 Å². The largest absolute Gasteiger partial charge is 0.273 e. The molecule has 0 radical (unpaired) electrons. The van der Waals surface area contributed by atoms with E-state index in [1.807, 2.05) is 0 Å². The Labute approximate surface area is 121 Å². The Hall–Kier alpha value is -1.83. The second-order valence-electron chi connectivity index (χ2n) is 4.87. The number of rotatable bonds is 3. The molecular weight excluding hydrogens is 302 g/mol. The Morgan fingerprint density at radius 3 is 2.48 bits per heavy atom. The Morgan fingerprint density at radius 2 is 1.95 bits per heavy atom. The van der Waals surface area contributed by atoms with Crippen LogP contribution in [0.5, 0.6) is 0 Å². The quantitative estimate of drug-likeness (QED) is 0.673. The molecule has 1 heterocycles. The fourth-order valence-corrected chi connectivity index (χ4v) is 3.87. The summed E-state index contributed by atoms with van der Waals surface area (Å²) in [6, 6.07) is 3.40. The van der Waals surface area contributed by atoms with E-state index in [9.17, 15) is 22.0 Å². The molecule has 0 aromatic heterocycles. The summed E-state index contributed by atoms with van der Waals surface area (Å²) in [7, 11) is -3.17. The molecule has 8 heteroatoms. The van der Waals surface area contributed by atoms with E-state index in [-0.39, 0.29) is 29.2 Å². The first-order chi connectivity index (χ1) is 9.80. The van der Waals surface area contributed by atoms with Gasteiger partial charge < -0.3 is 0 Å². The Morgan fingerprint density at radius 1 is 1.33 bits per heavy atom. The molecule has 0 spiro atoms. The highest BCUT2D eigenvalue weighted by molar-refractivity contribution is 7.91. The SMILES string of the molecule is C/C(=N/NC(=O)[C@H]1CCS(=O)(=O)C1)c1c(F)cccc1F. The molecule has 2 rings (SSSR count). The Kier molecular flexibility index (Phi) is 4.36. The first-order valence-corrected chi connectivity index (χ1v) is 8.11. The monoisotopic (exact) mass is 316 g/mol. The normalized spacial score (nSPS) is 21.3. The van der Waals surface area contributed by atoms with Crippen LogP contribution in [0.3, 0.4) is 0 Å². The smallest absolute Gasteiger partial charge is 0.244 e. The fraction of sp³-hybridized carbons (Fsp3) is 0.385. The molecule has 1 saturated heterocycles. The van der Waals surface area contributed by atoms with E-state index in [1.54, 1.807) is 0 Å². The molecular formula is C13H14F2N2O3S. The summed E-state index contributed by atoms with van der Waals surface area (Å²) in [6.45, 7) is 1.35. The van der Waals surface area contributed by atoms with Crippen LogP contribution in [0.4, 0.5) is 8.78 Å². The number of nitrogens with zero attached hydrogens (tertiary/aromatic N) is 1. The number of sulfone groups is 1. The summed E-state index contributed by atoms with van der Waals surface area (Å²) in [6.07, 6.45) is 0.233. The van der Waals surface area contributed by atoms with Gasteiger partial charge in [-0.05, 0) is 25.5 Å². The van der Waals surface area contributed by atoms with Gasteiger partial charge in [-0.2, -0.15) is 5.10 Å². The first kappa shape index (κ1) is 15.6. The Bertz CT molecular complexity index is 681. The average molecular weight is 316 g/mol. The molecule has 0 aliphatic carbocycles. The molecule has 1 fully saturated rings. The second-order valence-corrected chi connectivity index (χ2v) is 7.10. The number of carbonyl (C=O) groups excluding carboxylic acids is 1. The van der Waals surface area contributed by atoms with Crippen molar-refractivity contribution in [3.8, 4) is 0 Å². The van der Waals surface area contributed by atoms with Crippen molar-refractivity contribution < 1.29 is 22.0 Å². The van der Waals surface area contributed by atoms with Gasteiger partial charge in [-0.1, -0.05) is 6.07 Å². The zero-order valence-electron chi connectivity index (χ0n) is 11.3. The van der Waals surface area contributed by atoms with Crippen molar-refractivity contribution >= 4 is 21.5 Å². The zero-order valence-corrected chi connectivity index (χ0v) is 12.1.